The molecule has 1 saturated heterocycles. The van der Waals surface area contributed by atoms with Crippen LogP contribution in [0.5, 0.6) is 0 Å². The summed E-state index contributed by atoms with van der Waals surface area (Å²) in [7, 11) is 2.15. The molecule has 4 unspecified atom stereocenters. The highest BCUT2D eigenvalue weighted by molar-refractivity contribution is 4.94. The van der Waals surface area contributed by atoms with Crippen molar-refractivity contribution >= 4 is 0 Å². The first kappa shape index (κ1) is 13.4. The third-order valence-corrected chi connectivity index (χ3v) is 5.20. The first-order valence-corrected chi connectivity index (χ1v) is 7.56. The number of nitrogens with zero attached hydrogens (tertiary/aromatic N) is 1. The molecule has 2 rings (SSSR count). The lowest BCUT2D eigenvalue weighted by Gasteiger charge is -2.44. The summed E-state index contributed by atoms with van der Waals surface area (Å²) in [5.74, 6) is 1.80. The Morgan fingerprint density at radius 1 is 1.18 bits per heavy atom. The van der Waals surface area contributed by atoms with Crippen molar-refractivity contribution in [1.82, 2.24) is 10.2 Å². The second-order valence-corrected chi connectivity index (χ2v) is 6.51. The Bertz CT molecular complexity index is 239. The van der Waals surface area contributed by atoms with Crippen LogP contribution in [0.3, 0.4) is 0 Å². The average molecular weight is 238 g/mol. The minimum Gasteiger partial charge on any atom is -0.315 e. The Labute approximate surface area is 107 Å². The maximum absolute atomic E-state index is 3.57. The van der Waals surface area contributed by atoms with E-state index in [0.717, 1.165) is 30.0 Å². The highest BCUT2D eigenvalue weighted by atomic mass is 15.2. The van der Waals surface area contributed by atoms with Gasteiger partial charge < -0.3 is 5.32 Å². The number of likely N-dealkylation sites (tertiary alicyclic amines) is 1. The summed E-state index contributed by atoms with van der Waals surface area (Å²) in [6, 6.07) is 2.32. The van der Waals surface area contributed by atoms with Gasteiger partial charge in [0.05, 0.1) is 0 Å². The molecule has 0 aromatic carbocycles. The Morgan fingerprint density at radius 3 is 2.47 bits per heavy atom. The van der Waals surface area contributed by atoms with E-state index in [1.807, 2.05) is 0 Å². The molecule has 17 heavy (non-hydrogen) atoms. The van der Waals surface area contributed by atoms with Crippen LogP contribution in [0.1, 0.15) is 52.9 Å². The SMILES string of the molecule is CNC1CCC(C(C)C)CC1N1CCCC1C. The average Bonchev–Trinajstić information content (AvgIpc) is 2.74. The van der Waals surface area contributed by atoms with E-state index < -0.39 is 0 Å². The highest BCUT2D eigenvalue weighted by Gasteiger charge is 2.37. The second kappa shape index (κ2) is 5.71. The molecular weight excluding hydrogens is 208 g/mol. The van der Waals surface area contributed by atoms with Gasteiger partial charge in [-0.25, -0.2) is 0 Å². The van der Waals surface area contributed by atoms with Gasteiger partial charge in [-0.2, -0.15) is 0 Å². The van der Waals surface area contributed by atoms with E-state index in [2.05, 4.69) is 38.0 Å². The smallest absolute Gasteiger partial charge is 0.0254 e. The fraction of sp³-hybridized carbons (Fsp3) is 1.00. The Kier molecular flexibility index (Phi) is 4.48. The zero-order chi connectivity index (χ0) is 12.4. The molecule has 1 saturated carbocycles. The molecule has 1 aliphatic carbocycles. The number of likely N-dealkylation sites (N-methyl/N-ethyl adjacent to an activating group) is 1. The summed E-state index contributed by atoms with van der Waals surface area (Å²) in [5, 5.41) is 3.57. The molecule has 0 radical (unpaired) electrons. The zero-order valence-electron chi connectivity index (χ0n) is 12.1. The summed E-state index contributed by atoms with van der Waals surface area (Å²) in [5.41, 5.74) is 0. The second-order valence-electron chi connectivity index (χ2n) is 6.51. The number of rotatable bonds is 3. The van der Waals surface area contributed by atoms with E-state index in [1.54, 1.807) is 0 Å². The normalized spacial score (nSPS) is 40.1. The summed E-state index contributed by atoms with van der Waals surface area (Å²) < 4.78 is 0. The molecule has 0 aromatic heterocycles. The van der Waals surface area contributed by atoms with E-state index >= 15 is 0 Å². The lowest BCUT2D eigenvalue weighted by molar-refractivity contribution is 0.0812. The van der Waals surface area contributed by atoms with Crippen LogP contribution < -0.4 is 5.32 Å². The first-order chi connectivity index (χ1) is 8.13. The quantitative estimate of drug-likeness (QED) is 0.813. The van der Waals surface area contributed by atoms with Gasteiger partial charge in [0, 0.05) is 18.1 Å². The fourth-order valence-corrected chi connectivity index (χ4v) is 3.94. The molecule has 1 heterocycles. The minimum atomic E-state index is 0.727. The summed E-state index contributed by atoms with van der Waals surface area (Å²) >= 11 is 0. The molecule has 2 fully saturated rings. The van der Waals surface area contributed by atoms with Crippen molar-refractivity contribution in [2.75, 3.05) is 13.6 Å². The van der Waals surface area contributed by atoms with E-state index in [-0.39, 0.29) is 0 Å². The predicted molar refractivity (Wildman–Crippen MR) is 74.2 cm³/mol. The third kappa shape index (κ3) is 2.85. The molecule has 0 spiro atoms. The number of hydrogen-bond donors (Lipinski definition) is 1. The predicted octanol–water partition coefficient (Wildman–Crippen LogP) is 2.88. The first-order valence-electron chi connectivity index (χ1n) is 7.56. The lowest BCUT2D eigenvalue weighted by atomic mass is 9.76. The molecule has 0 bridgehead atoms. The molecule has 1 aliphatic heterocycles. The Morgan fingerprint density at radius 2 is 1.94 bits per heavy atom. The van der Waals surface area contributed by atoms with Gasteiger partial charge >= 0.3 is 0 Å². The Hall–Kier alpha value is -0.0800. The van der Waals surface area contributed by atoms with Gasteiger partial charge in [0.15, 0.2) is 0 Å². The largest absolute Gasteiger partial charge is 0.315 e. The van der Waals surface area contributed by atoms with Crippen LogP contribution in [0.15, 0.2) is 0 Å². The van der Waals surface area contributed by atoms with Crippen molar-refractivity contribution in [3.05, 3.63) is 0 Å². The van der Waals surface area contributed by atoms with Crippen molar-refractivity contribution < 1.29 is 0 Å². The molecule has 2 heteroatoms. The van der Waals surface area contributed by atoms with E-state index in [4.69, 9.17) is 0 Å². The topological polar surface area (TPSA) is 15.3 Å². The summed E-state index contributed by atoms with van der Waals surface area (Å²) in [6.07, 6.45) is 7.00. The van der Waals surface area contributed by atoms with Crippen LogP contribution in [0, 0.1) is 11.8 Å². The molecular formula is C15H30N2. The zero-order valence-corrected chi connectivity index (χ0v) is 12.1. The molecule has 1 N–H and O–H groups in total. The Balaban J connectivity index is 2.04. The molecule has 2 nitrogen and oxygen atoms in total. The van der Waals surface area contributed by atoms with Crippen molar-refractivity contribution in [2.45, 2.75) is 71.0 Å². The van der Waals surface area contributed by atoms with Crippen LogP contribution in [-0.4, -0.2) is 36.6 Å². The van der Waals surface area contributed by atoms with Gasteiger partial charge in [0.2, 0.25) is 0 Å². The molecule has 2 aliphatic rings. The van der Waals surface area contributed by atoms with Crippen molar-refractivity contribution in [2.24, 2.45) is 11.8 Å². The fourth-order valence-electron chi connectivity index (χ4n) is 3.94. The highest BCUT2D eigenvalue weighted by Crippen LogP contribution is 2.35. The molecule has 0 aromatic rings. The summed E-state index contributed by atoms with van der Waals surface area (Å²) in [6.45, 7) is 8.54. The maximum atomic E-state index is 3.57. The van der Waals surface area contributed by atoms with Gasteiger partial charge in [-0.15, -0.1) is 0 Å². The van der Waals surface area contributed by atoms with Gasteiger partial charge in [-0.3, -0.25) is 4.90 Å². The monoisotopic (exact) mass is 238 g/mol. The standard InChI is InChI=1S/C15H30N2/c1-11(2)13-7-8-14(16-4)15(10-13)17-9-5-6-12(17)3/h11-16H,5-10H2,1-4H3. The van der Waals surface area contributed by atoms with Crippen LogP contribution in [0.25, 0.3) is 0 Å². The molecule has 4 atom stereocenters. The van der Waals surface area contributed by atoms with E-state index in [1.165, 1.54) is 38.6 Å². The van der Waals surface area contributed by atoms with Gasteiger partial charge in [0.1, 0.15) is 0 Å². The van der Waals surface area contributed by atoms with Crippen molar-refractivity contribution in [3.63, 3.8) is 0 Å². The maximum Gasteiger partial charge on any atom is 0.0254 e. The van der Waals surface area contributed by atoms with Crippen LogP contribution in [0.2, 0.25) is 0 Å². The van der Waals surface area contributed by atoms with E-state index in [0.29, 0.717) is 0 Å². The van der Waals surface area contributed by atoms with Crippen LogP contribution in [-0.2, 0) is 0 Å². The molecule has 100 valence electrons. The van der Waals surface area contributed by atoms with Crippen molar-refractivity contribution in [1.29, 1.82) is 0 Å². The van der Waals surface area contributed by atoms with Gasteiger partial charge in [-0.05, 0) is 64.5 Å². The number of nitrogens with one attached hydrogen (secondary N) is 1. The van der Waals surface area contributed by atoms with Crippen LogP contribution in [0.4, 0.5) is 0 Å². The summed E-state index contributed by atoms with van der Waals surface area (Å²) in [4.78, 5) is 2.79. The van der Waals surface area contributed by atoms with Crippen LogP contribution >= 0.6 is 0 Å². The van der Waals surface area contributed by atoms with Gasteiger partial charge in [-0.1, -0.05) is 13.8 Å². The lowest BCUT2D eigenvalue weighted by Crippen LogP contribution is -2.53. The van der Waals surface area contributed by atoms with Gasteiger partial charge in [0.25, 0.3) is 0 Å². The van der Waals surface area contributed by atoms with Crippen molar-refractivity contribution in [3.8, 4) is 0 Å². The number of hydrogen-bond acceptors (Lipinski definition) is 2. The molecule has 0 amide bonds. The minimum absolute atomic E-state index is 0.727. The third-order valence-electron chi connectivity index (χ3n) is 5.20. The van der Waals surface area contributed by atoms with E-state index in [9.17, 15) is 0 Å².